The van der Waals surface area contributed by atoms with Crippen LogP contribution in [0.25, 0.3) is 0 Å². The van der Waals surface area contributed by atoms with Crippen LogP contribution in [0, 0.1) is 6.92 Å². The molecule has 1 aliphatic rings. The zero-order valence-electron chi connectivity index (χ0n) is 10.6. The minimum atomic E-state index is 0.138. The van der Waals surface area contributed by atoms with Gasteiger partial charge in [-0.1, -0.05) is 6.92 Å². The lowest BCUT2D eigenvalue weighted by Crippen LogP contribution is -2.32. The molecule has 0 spiro atoms. The van der Waals surface area contributed by atoms with Crippen molar-refractivity contribution in [2.45, 2.75) is 32.9 Å². The van der Waals surface area contributed by atoms with Gasteiger partial charge < -0.3 is 19.4 Å². The van der Waals surface area contributed by atoms with Gasteiger partial charge in [0.15, 0.2) is 0 Å². The Hall–Kier alpha value is -1.07. The third kappa shape index (κ3) is 3.44. The van der Waals surface area contributed by atoms with Gasteiger partial charge in [-0.3, -0.25) is 0 Å². The van der Waals surface area contributed by atoms with Gasteiger partial charge in [0.05, 0.1) is 38.2 Å². The topological polar surface area (TPSA) is 48.3 Å². The first-order valence-electron chi connectivity index (χ1n) is 6.26. The SMILES string of the molecule is CCCNc1nc(C)cn1CC1COCCO1. The van der Waals surface area contributed by atoms with Crippen molar-refractivity contribution in [3.8, 4) is 0 Å². The normalized spacial score (nSPS) is 20.5. The van der Waals surface area contributed by atoms with Gasteiger partial charge >= 0.3 is 0 Å². The molecular weight excluding hydrogens is 218 g/mol. The third-order valence-corrected chi connectivity index (χ3v) is 2.72. The summed E-state index contributed by atoms with van der Waals surface area (Å²) in [6.07, 6.45) is 3.28. The van der Waals surface area contributed by atoms with E-state index >= 15 is 0 Å². The fourth-order valence-electron chi connectivity index (χ4n) is 1.93. The number of aromatic nitrogens is 2. The molecule has 1 unspecified atom stereocenters. The first-order chi connectivity index (χ1) is 8.29. The molecule has 2 rings (SSSR count). The van der Waals surface area contributed by atoms with Crippen LogP contribution in [0.2, 0.25) is 0 Å². The van der Waals surface area contributed by atoms with Crippen LogP contribution in [0.3, 0.4) is 0 Å². The summed E-state index contributed by atoms with van der Waals surface area (Å²) in [5.74, 6) is 0.929. The van der Waals surface area contributed by atoms with Gasteiger partial charge in [0.25, 0.3) is 0 Å². The Morgan fingerprint density at radius 3 is 3.12 bits per heavy atom. The van der Waals surface area contributed by atoms with E-state index in [4.69, 9.17) is 9.47 Å². The molecule has 1 aromatic heterocycles. The average molecular weight is 239 g/mol. The number of hydrogen-bond donors (Lipinski definition) is 1. The molecule has 1 fully saturated rings. The Balaban J connectivity index is 1.97. The van der Waals surface area contributed by atoms with Crippen LogP contribution < -0.4 is 5.32 Å². The summed E-state index contributed by atoms with van der Waals surface area (Å²) in [5.41, 5.74) is 1.03. The smallest absolute Gasteiger partial charge is 0.203 e. The van der Waals surface area contributed by atoms with Crippen LogP contribution in [0.1, 0.15) is 19.0 Å². The average Bonchev–Trinajstić information content (AvgIpc) is 2.68. The molecule has 1 aromatic rings. The quantitative estimate of drug-likeness (QED) is 0.844. The number of aryl methyl sites for hydroxylation is 1. The summed E-state index contributed by atoms with van der Waals surface area (Å²) >= 11 is 0. The van der Waals surface area contributed by atoms with Crippen LogP contribution in [0.15, 0.2) is 6.20 Å². The maximum Gasteiger partial charge on any atom is 0.203 e. The summed E-state index contributed by atoms with van der Waals surface area (Å²) < 4.78 is 13.2. The Morgan fingerprint density at radius 1 is 1.53 bits per heavy atom. The third-order valence-electron chi connectivity index (χ3n) is 2.72. The lowest BCUT2D eigenvalue weighted by molar-refractivity contribution is -0.0934. The zero-order valence-corrected chi connectivity index (χ0v) is 10.6. The molecule has 0 bridgehead atoms. The van der Waals surface area contributed by atoms with Crippen molar-refractivity contribution in [1.82, 2.24) is 9.55 Å². The van der Waals surface area contributed by atoms with E-state index in [9.17, 15) is 0 Å². The Bertz CT molecular complexity index is 346. The van der Waals surface area contributed by atoms with Crippen molar-refractivity contribution in [1.29, 1.82) is 0 Å². The molecule has 1 N–H and O–H groups in total. The largest absolute Gasteiger partial charge is 0.376 e. The van der Waals surface area contributed by atoms with Gasteiger partial charge in [-0.2, -0.15) is 0 Å². The second kappa shape index (κ2) is 6.02. The van der Waals surface area contributed by atoms with E-state index < -0.39 is 0 Å². The molecule has 1 atom stereocenters. The van der Waals surface area contributed by atoms with Crippen molar-refractivity contribution >= 4 is 5.95 Å². The Kier molecular flexibility index (Phi) is 4.39. The molecule has 0 aliphatic carbocycles. The van der Waals surface area contributed by atoms with Crippen LogP contribution in [0.5, 0.6) is 0 Å². The van der Waals surface area contributed by atoms with E-state index in [0.29, 0.717) is 19.8 Å². The van der Waals surface area contributed by atoms with Gasteiger partial charge in [-0.05, 0) is 13.3 Å². The van der Waals surface area contributed by atoms with Gasteiger partial charge in [0, 0.05) is 12.7 Å². The lowest BCUT2D eigenvalue weighted by atomic mass is 10.3. The number of nitrogens with one attached hydrogen (secondary N) is 1. The highest BCUT2D eigenvalue weighted by atomic mass is 16.6. The molecule has 5 heteroatoms. The van der Waals surface area contributed by atoms with Crippen molar-refractivity contribution in [3.63, 3.8) is 0 Å². The van der Waals surface area contributed by atoms with Crippen LogP contribution >= 0.6 is 0 Å². The number of anilines is 1. The maximum absolute atomic E-state index is 5.65. The first-order valence-corrected chi connectivity index (χ1v) is 6.26. The number of hydrogen-bond acceptors (Lipinski definition) is 4. The number of ether oxygens (including phenoxy) is 2. The van der Waals surface area contributed by atoms with E-state index in [-0.39, 0.29) is 6.10 Å². The minimum Gasteiger partial charge on any atom is -0.376 e. The van der Waals surface area contributed by atoms with E-state index in [1.165, 1.54) is 0 Å². The number of imidazole rings is 1. The zero-order chi connectivity index (χ0) is 12.1. The first kappa shape index (κ1) is 12.4. The molecule has 17 heavy (non-hydrogen) atoms. The van der Waals surface area contributed by atoms with Crippen LogP contribution in [-0.4, -0.2) is 42.0 Å². The predicted octanol–water partition coefficient (Wildman–Crippen LogP) is 1.43. The van der Waals surface area contributed by atoms with E-state index in [2.05, 4.69) is 28.0 Å². The molecule has 5 nitrogen and oxygen atoms in total. The summed E-state index contributed by atoms with van der Waals surface area (Å²) in [5, 5.41) is 3.33. The van der Waals surface area contributed by atoms with Crippen LogP contribution in [0.4, 0.5) is 5.95 Å². The fourth-order valence-corrected chi connectivity index (χ4v) is 1.93. The molecular formula is C12H21N3O2. The second-order valence-electron chi connectivity index (χ2n) is 4.35. The van der Waals surface area contributed by atoms with Gasteiger partial charge in [0.1, 0.15) is 0 Å². The summed E-state index contributed by atoms with van der Waals surface area (Å²) in [4.78, 5) is 4.47. The Morgan fingerprint density at radius 2 is 2.41 bits per heavy atom. The van der Waals surface area contributed by atoms with Crippen molar-refractivity contribution in [3.05, 3.63) is 11.9 Å². The van der Waals surface area contributed by atoms with E-state index in [0.717, 1.165) is 31.2 Å². The summed E-state index contributed by atoms with van der Waals surface area (Å²) in [6, 6.07) is 0. The highest BCUT2D eigenvalue weighted by molar-refractivity contribution is 5.28. The maximum atomic E-state index is 5.65. The molecule has 96 valence electrons. The number of rotatable bonds is 5. The lowest BCUT2D eigenvalue weighted by Gasteiger charge is -2.23. The highest BCUT2D eigenvalue weighted by Gasteiger charge is 2.16. The highest BCUT2D eigenvalue weighted by Crippen LogP contribution is 2.12. The molecule has 0 saturated carbocycles. The molecule has 0 radical (unpaired) electrons. The van der Waals surface area contributed by atoms with Crippen LogP contribution in [-0.2, 0) is 16.0 Å². The van der Waals surface area contributed by atoms with Gasteiger partial charge in [-0.15, -0.1) is 0 Å². The molecule has 0 aromatic carbocycles. The molecule has 0 amide bonds. The van der Waals surface area contributed by atoms with Crippen molar-refractivity contribution in [2.75, 3.05) is 31.7 Å². The second-order valence-corrected chi connectivity index (χ2v) is 4.35. The van der Waals surface area contributed by atoms with Gasteiger partial charge in [-0.25, -0.2) is 4.98 Å². The standard InChI is InChI=1S/C12H21N3O2/c1-3-4-13-12-14-10(2)7-15(12)8-11-9-16-5-6-17-11/h7,11H,3-6,8-9H2,1-2H3,(H,13,14). The molecule has 1 aliphatic heterocycles. The summed E-state index contributed by atoms with van der Waals surface area (Å²) in [7, 11) is 0. The van der Waals surface area contributed by atoms with Crippen molar-refractivity contribution in [2.24, 2.45) is 0 Å². The summed E-state index contributed by atoms with van der Waals surface area (Å²) in [6.45, 7) is 7.96. The predicted molar refractivity (Wildman–Crippen MR) is 66.3 cm³/mol. The minimum absolute atomic E-state index is 0.138. The van der Waals surface area contributed by atoms with E-state index in [1.54, 1.807) is 0 Å². The van der Waals surface area contributed by atoms with E-state index in [1.807, 2.05) is 6.92 Å². The fraction of sp³-hybridized carbons (Fsp3) is 0.750. The van der Waals surface area contributed by atoms with Crippen molar-refractivity contribution < 1.29 is 9.47 Å². The number of nitrogens with zero attached hydrogens (tertiary/aromatic N) is 2. The monoisotopic (exact) mass is 239 g/mol. The molecule has 2 heterocycles. The van der Waals surface area contributed by atoms with Gasteiger partial charge in [0.2, 0.25) is 5.95 Å². The molecule has 1 saturated heterocycles. The Labute approximate surface area is 102 Å².